The first kappa shape index (κ1) is 22.3. The molecule has 1 amide bonds. The fourth-order valence-corrected chi connectivity index (χ4v) is 2.59. The number of hydrogen-bond donors (Lipinski definition) is 2. The molecule has 0 aromatic heterocycles. The van der Waals surface area contributed by atoms with E-state index in [1.54, 1.807) is 7.11 Å². The zero-order valence-corrected chi connectivity index (χ0v) is 16.9. The number of amides is 1. The van der Waals surface area contributed by atoms with E-state index in [1.807, 2.05) is 32.0 Å². The maximum atomic E-state index is 12.1. The molecule has 3 N–H and O–H groups in total. The van der Waals surface area contributed by atoms with Crippen molar-refractivity contribution in [2.45, 2.75) is 71.3 Å². The lowest BCUT2D eigenvalue weighted by Gasteiger charge is -2.20. The number of rotatable bonds is 13. The van der Waals surface area contributed by atoms with Gasteiger partial charge in [0.25, 0.3) is 0 Å². The van der Waals surface area contributed by atoms with Crippen LogP contribution in [-0.2, 0) is 11.2 Å². The molecule has 0 spiro atoms. The summed E-state index contributed by atoms with van der Waals surface area (Å²) < 4.78 is 11.1. The summed E-state index contributed by atoms with van der Waals surface area (Å²) in [5, 5.41) is 2.99. The number of ether oxygens (including phenoxy) is 2. The molecule has 0 radical (unpaired) electrons. The SMILES string of the molecule is CCCCCCCCNC(=O)Cc1ccc(OCC(C)(C)N)c(OC)c1. The van der Waals surface area contributed by atoms with Crippen LogP contribution in [0.4, 0.5) is 0 Å². The van der Waals surface area contributed by atoms with Crippen molar-refractivity contribution in [1.82, 2.24) is 5.32 Å². The molecule has 26 heavy (non-hydrogen) atoms. The molecule has 0 saturated carbocycles. The second-order valence-corrected chi connectivity index (χ2v) is 7.56. The van der Waals surface area contributed by atoms with Gasteiger partial charge in [-0.15, -0.1) is 0 Å². The van der Waals surface area contributed by atoms with Crippen LogP contribution in [0.2, 0.25) is 0 Å². The van der Waals surface area contributed by atoms with Crippen LogP contribution in [0.15, 0.2) is 18.2 Å². The van der Waals surface area contributed by atoms with Gasteiger partial charge in [-0.1, -0.05) is 45.1 Å². The van der Waals surface area contributed by atoms with E-state index in [0.29, 0.717) is 24.5 Å². The number of methoxy groups -OCH3 is 1. The van der Waals surface area contributed by atoms with Gasteiger partial charge in [0.15, 0.2) is 11.5 Å². The van der Waals surface area contributed by atoms with E-state index in [4.69, 9.17) is 15.2 Å². The quantitative estimate of drug-likeness (QED) is 0.522. The van der Waals surface area contributed by atoms with Crippen LogP contribution in [0.5, 0.6) is 11.5 Å². The number of hydrogen-bond acceptors (Lipinski definition) is 4. The number of carbonyl (C=O) groups excluding carboxylic acids is 1. The molecule has 0 bridgehead atoms. The average Bonchev–Trinajstić information content (AvgIpc) is 2.59. The van der Waals surface area contributed by atoms with Crippen molar-refractivity contribution in [2.24, 2.45) is 5.73 Å². The number of unbranched alkanes of at least 4 members (excludes halogenated alkanes) is 5. The lowest BCUT2D eigenvalue weighted by molar-refractivity contribution is -0.120. The van der Waals surface area contributed by atoms with Crippen molar-refractivity contribution in [3.05, 3.63) is 23.8 Å². The van der Waals surface area contributed by atoms with Crippen LogP contribution in [0.25, 0.3) is 0 Å². The highest BCUT2D eigenvalue weighted by Crippen LogP contribution is 2.28. The highest BCUT2D eigenvalue weighted by atomic mass is 16.5. The number of benzene rings is 1. The molecule has 0 unspecified atom stereocenters. The highest BCUT2D eigenvalue weighted by molar-refractivity contribution is 5.78. The Morgan fingerprint density at radius 1 is 1.12 bits per heavy atom. The standard InChI is InChI=1S/C21H36N2O3/c1-5-6-7-8-9-10-13-23-20(24)15-17-11-12-18(19(14-17)25-4)26-16-21(2,3)22/h11-12,14H,5-10,13,15-16,22H2,1-4H3,(H,23,24). The Bertz CT molecular complexity index is 539. The van der Waals surface area contributed by atoms with Crippen molar-refractivity contribution < 1.29 is 14.3 Å². The van der Waals surface area contributed by atoms with Crippen LogP contribution in [0, 0.1) is 0 Å². The Balaban J connectivity index is 2.40. The van der Waals surface area contributed by atoms with Gasteiger partial charge in [0, 0.05) is 12.1 Å². The van der Waals surface area contributed by atoms with E-state index in [0.717, 1.165) is 18.5 Å². The van der Waals surface area contributed by atoms with Gasteiger partial charge in [-0.05, 0) is 38.0 Å². The summed E-state index contributed by atoms with van der Waals surface area (Å²) in [6.07, 6.45) is 7.67. The minimum atomic E-state index is -0.417. The van der Waals surface area contributed by atoms with Gasteiger partial charge in [0.1, 0.15) is 6.61 Å². The maximum Gasteiger partial charge on any atom is 0.224 e. The van der Waals surface area contributed by atoms with Gasteiger partial charge in [-0.3, -0.25) is 4.79 Å². The molecule has 0 aliphatic carbocycles. The summed E-state index contributed by atoms with van der Waals surface area (Å²) in [5.41, 5.74) is 6.43. The topological polar surface area (TPSA) is 73.6 Å². The van der Waals surface area contributed by atoms with Crippen molar-refractivity contribution in [3.63, 3.8) is 0 Å². The second kappa shape index (κ2) is 11.8. The van der Waals surface area contributed by atoms with Crippen molar-refractivity contribution >= 4 is 5.91 Å². The second-order valence-electron chi connectivity index (χ2n) is 7.56. The van der Waals surface area contributed by atoms with E-state index >= 15 is 0 Å². The Kier molecular flexibility index (Phi) is 10.1. The van der Waals surface area contributed by atoms with Gasteiger partial charge in [0.2, 0.25) is 5.91 Å². The van der Waals surface area contributed by atoms with E-state index in [2.05, 4.69) is 12.2 Å². The van der Waals surface area contributed by atoms with E-state index < -0.39 is 5.54 Å². The smallest absolute Gasteiger partial charge is 0.224 e. The fourth-order valence-electron chi connectivity index (χ4n) is 2.59. The molecular weight excluding hydrogens is 328 g/mol. The fraction of sp³-hybridized carbons (Fsp3) is 0.667. The van der Waals surface area contributed by atoms with Crippen molar-refractivity contribution in [2.75, 3.05) is 20.3 Å². The zero-order valence-electron chi connectivity index (χ0n) is 16.9. The van der Waals surface area contributed by atoms with E-state index in [9.17, 15) is 4.79 Å². The minimum absolute atomic E-state index is 0.0392. The molecule has 5 heteroatoms. The summed E-state index contributed by atoms with van der Waals surface area (Å²) in [5.74, 6) is 1.30. The summed E-state index contributed by atoms with van der Waals surface area (Å²) >= 11 is 0. The predicted molar refractivity (Wildman–Crippen MR) is 107 cm³/mol. The van der Waals surface area contributed by atoms with Crippen LogP contribution in [0.1, 0.15) is 64.9 Å². The van der Waals surface area contributed by atoms with Crippen molar-refractivity contribution in [3.8, 4) is 11.5 Å². The summed E-state index contributed by atoms with van der Waals surface area (Å²) in [6, 6.07) is 5.58. The lowest BCUT2D eigenvalue weighted by atomic mass is 10.1. The van der Waals surface area contributed by atoms with Crippen LogP contribution >= 0.6 is 0 Å². The monoisotopic (exact) mass is 364 g/mol. The maximum absolute atomic E-state index is 12.1. The summed E-state index contributed by atoms with van der Waals surface area (Å²) in [7, 11) is 1.60. The molecule has 1 aromatic carbocycles. The molecule has 0 atom stereocenters. The Morgan fingerprint density at radius 3 is 2.46 bits per heavy atom. The Hall–Kier alpha value is -1.75. The van der Waals surface area contributed by atoms with Crippen LogP contribution in [-0.4, -0.2) is 31.7 Å². The Labute approximate surface area is 158 Å². The largest absolute Gasteiger partial charge is 0.493 e. The van der Waals surface area contributed by atoms with Gasteiger partial charge < -0.3 is 20.5 Å². The third kappa shape index (κ3) is 9.66. The Morgan fingerprint density at radius 2 is 1.81 bits per heavy atom. The van der Waals surface area contributed by atoms with Gasteiger partial charge in [0.05, 0.1) is 13.5 Å². The van der Waals surface area contributed by atoms with Crippen molar-refractivity contribution in [1.29, 1.82) is 0 Å². The summed E-state index contributed by atoms with van der Waals surface area (Å²) in [4.78, 5) is 12.1. The number of carbonyl (C=O) groups is 1. The molecule has 0 fully saturated rings. The summed E-state index contributed by atoms with van der Waals surface area (Å²) in [6.45, 7) is 7.16. The zero-order chi connectivity index (χ0) is 19.4. The number of nitrogens with two attached hydrogens (primary N) is 1. The van der Waals surface area contributed by atoms with Crippen LogP contribution in [0.3, 0.4) is 0 Å². The van der Waals surface area contributed by atoms with Gasteiger partial charge >= 0.3 is 0 Å². The third-order valence-electron chi connectivity index (χ3n) is 4.04. The van der Waals surface area contributed by atoms with E-state index in [-0.39, 0.29) is 5.91 Å². The molecule has 5 nitrogen and oxygen atoms in total. The first-order valence-electron chi connectivity index (χ1n) is 9.71. The molecule has 148 valence electrons. The molecule has 0 aliphatic rings. The molecule has 1 aromatic rings. The average molecular weight is 365 g/mol. The first-order chi connectivity index (χ1) is 12.4. The normalized spacial score (nSPS) is 11.3. The molecule has 1 rings (SSSR count). The molecule has 0 saturated heterocycles. The first-order valence-corrected chi connectivity index (χ1v) is 9.71. The predicted octanol–water partition coefficient (Wildman–Crippen LogP) is 3.83. The minimum Gasteiger partial charge on any atom is -0.493 e. The van der Waals surface area contributed by atoms with E-state index in [1.165, 1.54) is 32.1 Å². The van der Waals surface area contributed by atoms with Gasteiger partial charge in [-0.2, -0.15) is 0 Å². The molecule has 0 heterocycles. The highest BCUT2D eigenvalue weighted by Gasteiger charge is 2.14. The third-order valence-corrected chi connectivity index (χ3v) is 4.04. The lowest BCUT2D eigenvalue weighted by Crippen LogP contribution is -2.38. The molecular formula is C21H36N2O3. The molecule has 0 aliphatic heterocycles. The van der Waals surface area contributed by atoms with Gasteiger partial charge in [-0.25, -0.2) is 0 Å². The van der Waals surface area contributed by atoms with Crippen LogP contribution < -0.4 is 20.5 Å². The number of nitrogens with one attached hydrogen (secondary N) is 1.